The summed E-state index contributed by atoms with van der Waals surface area (Å²) >= 11 is 0. The number of benzene rings is 1. The third-order valence-corrected chi connectivity index (χ3v) is 4.56. The van der Waals surface area contributed by atoms with Crippen molar-refractivity contribution in [2.75, 3.05) is 18.5 Å². The Bertz CT molecular complexity index is 444. The first-order valence-electron chi connectivity index (χ1n) is 7.98. The predicted molar refractivity (Wildman–Crippen MR) is 83.1 cm³/mol. The minimum absolute atomic E-state index is 0.272. The van der Waals surface area contributed by atoms with Crippen LogP contribution in [0.2, 0.25) is 0 Å². The zero-order valence-electron chi connectivity index (χ0n) is 12.4. The molecule has 3 rings (SSSR count). The summed E-state index contributed by atoms with van der Waals surface area (Å²) in [6.07, 6.45) is 5.85. The normalized spacial score (nSPS) is 26.9. The Morgan fingerprint density at radius 1 is 1.35 bits per heavy atom. The first kappa shape index (κ1) is 13.9. The number of aryl methyl sites for hydroxylation is 1. The SMILES string of the molecule is CC1CC(Nc2cccc(CCCO)c2)CN1C1CC1. The van der Waals surface area contributed by atoms with Crippen LogP contribution >= 0.6 is 0 Å². The van der Waals surface area contributed by atoms with E-state index < -0.39 is 0 Å². The summed E-state index contributed by atoms with van der Waals surface area (Å²) in [6.45, 7) is 3.82. The van der Waals surface area contributed by atoms with Crippen LogP contribution in [-0.2, 0) is 6.42 Å². The van der Waals surface area contributed by atoms with Gasteiger partial charge in [-0.05, 0) is 56.7 Å². The van der Waals surface area contributed by atoms with Crippen LogP contribution in [0.3, 0.4) is 0 Å². The van der Waals surface area contributed by atoms with Crippen molar-refractivity contribution in [3.63, 3.8) is 0 Å². The Balaban J connectivity index is 1.57. The Labute approximate surface area is 122 Å². The molecule has 1 aliphatic carbocycles. The lowest BCUT2D eigenvalue weighted by atomic mass is 10.1. The van der Waals surface area contributed by atoms with E-state index in [-0.39, 0.29) is 6.61 Å². The maximum atomic E-state index is 8.92. The number of aliphatic hydroxyl groups is 1. The van der Waals surface area contributed by atoms with Crippen LogP contribution in [0.4, 0.5) is 5.69 Å². The minimum Gasteiger partial charge on any atom is -0.396 e. The van der Waals surface area contributed by atoms with Gasteiger partial charge in [-0.3, -0.25) is 4.90 Å². The molecule has 1 saturated heterocycles. The van der Waals surface area contributed by atoms with Gasteiger partial charge in [0.15, 0.2) is 0 Å². The van der Waals surface area contributed by atoms with Gasteiger partial charge in [-0.25, -0.2) is 0 Å². The molecule has 2 unspecified atom stereocenters. The fourth-order valence-electron chi connectivity index (χ4n) is 3.41. The van der Waals surface area contributed by atoms with Crippen LogP contribution in [0.15, 0.2) is 24.3 Å². The first-order valence-corrected chi connectivity index (χ1v) is 7.98. The standard InChI is InChI=1S/C17H26N2O/c1-13-10-16(12-19(13)17-7-8-17)18-15-6-2-4-14(11-15)5-3-9-20/h2,4,6,11,13,16-18,20H,3,5,7-10,12H2,1H3. The smallest absolute Gasteiger partial charge is 0.0434 e. The van der Waals surface area contributed by atoms with E-state index in [4.69, 9.17) is 5.11 Å². The molecule has 0 spiro atoms. The second kappa shape index (κ2) is 6.15. The molecule has 3 heteroatoms. The van der Waals surface area contributed by atoms with Gasteiger partial charge in [0.25, 0.3) is 0 Å². The Kier molecular flexibility index (Phi) is 4.27. The largest absolute Gasteiger partial charge is 0.396 e. The van der Waals surface area contributed by atoms with Gasteiger partial charge in [0, 0.05) is 37.0 Å². The summed E-state index contributed by atoms with van der Waals surface area (Å²) in [5.41, 5.74) is 2.55. The van der Waals surface area contributed by atoms with Gasteiger partial charge in [0.1, 0.15) is 0 Å². The summed E-state index contributed by atoms with van der Waals surface area (Å²) in [5, 5.41) is 12.6. The number of rotatable bonds is 6. The average molecular weight is 274 g/mol. The molecule has 0 amide bonds. The second-order valence-electron chi connectivity index (χ2n) is 6.38. The van der Waals surface area contributed by atoms with E-state index in [9.17, 15) is 0 Å². The number of hydrogen-bond donors (Lipinski definition) is 2. The number of hydrogen-bond acceptors (Lipinski definition) is 3. The number of likely N-dealkylation sites (tertiary alicyclic amines) is 1. The van der Waals surface area contributed by atoms with Crippen LogP contribution < -0.4 is 5.32 Å². The van der Waals surface area contributed by atoms with E-state index in [0.29, 0.717) is 6.04 Å². The van der Waals surface area contributed by atoms with E-state index in [0.717, 1.165) is 24.9 Å². The number of aliphatic hydroxyl groups excluding tert-OH is 1. The average Bonchev–Trinajstić information content (AvgIpc) is 3.22. The van der Waals surface area contributed by atoms with E-state index in [1.165, 1.54) is 37.1 Å². The molecule has 1 saturated carbocycles. The van der Waals surface area contributed by atoms with Gasteiger partial charge >= 0.3 is 0 Å². The van der Waals surface area contributed by atoms with Crippen LogP contribution in [0.1, 0.15) is 38.2 Å². The van der Waals surface area contributed by atoms with Gasteiger partial charge in [0.2, 0.25) is 0 Å². The summed E-state index contributed by atoms with van der Waals surface area (Å²) in [5.74, 6) is 0. The highest BCUT2D eigenvalue weighted by Crippen LogP contribution is 2.34. The van der Waals surface area contributed by atoms with E-state index >= 15 is 0 Å². The second-order valence-corrected chi connectivity index (χ2v) is 6.38. The molecule has 1 heterocycles. The molecular formula is C17H26N2O. The van der Waals surface area contributed by atoms with Gasteiger partial charge in [0.05, 0.1) is 0 Å². The fourth-order valence-corrected chi connectivity index (χ4v) is 3.41. The van der Waals surface area contributed by atoms with Crippen molar-refractivity contribution in [2.24, 2.45) is 0 Å². The van der Waals surface area contributed by atoms with Gasteiger partial charge in [-0.2, -0.15) is 0 Å². The maximum absolute atomic E-state index is 8.92. The predicted octanol–water partition coefficient (Wildman–Crippen LogP) is 2.65. The fraction of sp³-hybridized carbons (Fsp3) is 0.647. The number of nitrogens with zero attached hydrogens (tertiary/aromatic N) is 1. The molecule has 2 atom stereocenters. The van der Waals surface area contributed by atoms with Crippen molar-refractivity contribution in [1.82, 2.24) is 4.90 Å². The number of anilines is 1. The highest BCUT2D eigenvalue weighted by atomic mass is 16.2. The molecule has 1 aromatic rings. The maximum Gasteiger partial charge on any atom is 0.0434 e. The zero-order valence-corrected chi connectivity index (χ0v) is 12.4. The van der Waals surface area contributed by atoms with Crippen LogP contribution in [-0.4, -0.2) is 41.3 Å². The molecule has 2 fully saturated rings. The Morgan fingerprint density at radius 3 is 2.95 bits per heavy atom. The lowest BCUT2D eigenvalue weighted by Gasteiger charge is -2.20. The summed E-state index contributed by atoms with van der Waals surface area (Å²) in [6, 6.07) is 10.8. The van der Waals surface area contributed by atoms with Crippen molar-refractivity contribution in [3.8, 4) is 0 Å². The summed E-state index contributed by atoms with van der Waals surface area (Å²) in [4.78, 5) is 2.67. The molecule has 20 heavy (non-hydrogen) atoms. The van der Waals surface area contributed by atoms with Crippen LogP contribution in [0.25, 0.3) is 0 Å². The molecule has 0 aromatic heterocycles. The topological polar surface area (TPSA) is 35.5 Å². The van der Waals surface area contributed by atoms with Crippen molar-refractivity contribution in [3.05, 3.63) is 29.8 Å². The first-order chi connectivity index (χ1) is 9.76. The summed E-state index contributed by atoms with van der Waals surface area (Å²) < 4.78 is 0. The van der Waals surface area contributed by atoms with Gasteiger partial charge in [-0.1, -0.05) is 12.1 Å². The van der Waals surface area contributed by atoms with E-state index in [1.54, 1.807) is 0 Å². The van der Waals surface area contributed by atoms with Gasteiger partial charge < -0.3 is 10.4 Å². The van der Waals surface area contributed by atoms with Crippen LogP contribution in [0, 0.1) is 0 Å². The zero-order chi connectivity index (χ0) is 13.9. The molecule has 2 aliphatic rings. The summed E-state index contributed by atoms with van der Waals surface area (Å²) in [7, 11) is 0. The Morgan fingerprint density at radius 2 is 2.20 bits per heavy atom. The quantitative estimate of drug-likeness (QED) is 0.837. The molecule has 0 bridgehead atoms. The monoisotopic (exact) mass is 274 g/mol. The molecule has 110 valence electrons. The van der Waals surface area contributed by atoms with Gasteiger partial charge in [-0.15, -0.1) is 0 Å². The Hall–Kier alpha value is -1.06. The van der Waals surface area contributed by atoms with E-state index in [2.05, 4.69) is 41.4 Å². The molecule has 0 radical (unpaired) electrons. The van der Waals surface area contributed by atoms with Crippen molar-refractivity contribution >= 4 is 5.69 Å². The van der Waals surface area contributed by atoms with Crippen molar-refractivity contribution in [2.45, 2.75) is 57.2 Å². The molecule has 1 aliphatic heterocycles. The van der Waals surface area contributed by atoms with Crippen molar-refractivity contribution < 1.29 is 5.11 Å². The van der Waals surface area contributed by atoms with Crippen LogP contribution in [0.5, 0.6) is 0 Å². The highest BCUT2D eigenvalue weighted by Gasteiger charge is 2.38. The van der Waals surface area contributed by atoms with Crippen molar-refractivity contribution in [1.29, 1.82) is 0 Å². The lowest BCUT2D eigenvalue weighted by molar-refractivity contribution is 0.257. The molecular weight excluding hydrogens is 248 g/mol. The van der Waals surface area contributed by atoms with E-state index in [1.807, 2.05) is 0 Å². The lowest BCUT2D eigenvalue weighted by Crippen LogP contribution is -2.31. The molecule has 1 aromatic carbocycles. The minimum atomic E-state index is 0.272. The molecule has 2 N–H and O–H groups in total. The molecule has 3 nitrogen and oxygen atoms in total. The number of nitrogens with one attached hydrogen (secondary N) is 1. The third kappa shape index (κ3) is 3.33. The highest BCUT2D eigenvalue weighted by molar-refractivity contribution is 5.47. The third-order valence-electron chi connectivity index (χ3n) is 4.56.